The quantitative estimate of drug-likeness (QED) is 0.639. The molecule has 7 heteroatoms. The number of nitrogens with one attached hydrogen (secondary N) is 1. The number of halogens is 3. The number of amides is 1. The van der Waals surface area contributed by atoms with Gasteiger partial charge in [0.1, 0.15) is 0 Å². The Bertz CT molecular complexity index is 439. The fraction of sp³-hybridized carbons (Fsp3) is 0.833. The van der Waals surface area contributed by atoms with E-state index in [0.29, 0.717) is 26.1 Å². The summed E-state index contributed by atoms with van der Waals surface area (Å²) in [6.45, 7) is 3.29. The van der Waals surface area contributed by atoms with Gasteiger partial charge in [-0.3, -0.25) is 4.79 Å². The molecule has 0 aliphatic heterocycles. The van der Waals surface area contributed by atoms with Gasteiger partial charge >= 0.3 is 6.18 Å². The van der Waals surface area contributed by atoms with Crippen molar-refractivity contribution in [1.82, 2.24) is 10.2 Å². The highest BCUT2D eigenvalue weighted by Gasteiger charge is 2.48. The predicted molar refractivity (Wildman–Crippen MR) is 92.1 cm³/mol. The van der Waals surface area contributed by atoms with E-state index < -0.39 is 30.3 Å². The summed E-state index contributed by atoms with van der Waals surface area (Å²) in [6, 6.07) is 0. The van der Waals surface area contributed by atoms with Crippen molar-refractivity contribution < 1.29 is 22.7 Å². The number of carbonyl (C=O) groups is 1. The zero-order chi connectivity index (χ0) is 19.0. The van der Waals surface area contributed by atoms with Gasteiger partial charge in [-0.15, -0.1) is 0 Å². The van der Waals surface area contributed by atoms with Crippen molar-refractivity contribution in [2.24, 2.45) is 23.7 Å². The molecule has 1 rings (SSSR count). The molecule has 0 bridgehead atoms. The van der Waals surface area contributed by atoms with Crippen LogP contribution in [0.15, 0.2) is 12.2 Å². The summed E-state index contributed by atoms with van der Waals surface area (Å²) in [7, 11) is 5.25. The van der Waals surface area contributed by atoms with Crippen molar-refractivity contribution in [3.63, 3.8) is 0 Å². The number of hydrogen-bond donors (Lipinski definition) is 1. The molecule has 0 heterocycles. The normalized spacial score (nSPS) is 23.5. The van der Waals surface area contributed by atoms with E-state index >= 15 is 0 Å². The van der Waals surface area contributed by atoms with Crippen LogP contribution in [0.2, 0.25) is 0 Å². The molecule has 1 aliphatic carbocycles. The van der Waals surface area contributed by atoms with Crippen molar-refractivity contribution in [3.8, 4) is 0 Å². The number of hydrogen-bond acceptors (Lipinski definition) is 3. The number of carbonyl (C=O) groups excluding carboxylic acids is 1. The molecule has 0 saturated heterocycles. The smallest absolute Gasteiger partial charge is 0.384 e. The van der Waals surface area contributed by atoms with Crippen LogP contribution in [-0.2, 0) is 9.53 Å². The average molecular weight is 364 g/mol. The molecule has 1 amide bonds. The summed E-state index contributed by atoms with van der Waals surface area (Å²) in [5.74, 6) is -3.00. The summed E-state index contributed by atoms with van der Waals surface area (Å²) in [5, 5.41) is 2.60. The van der Waals surface area contributed by atoms with Gasteiger partial charge in [-0.2, -0.15) is 13.2 Å². The third kappa shape index (κ3) is 7.36. The number of rotatable bonds is 9. The van der Waals surface area contributed by atoms with Crippen LogP contribution in [0.5, 0.6) is 0 Å². The van der Waals surface area contributed by atoms with E-state index in [1.807, 2.05) is 32.0 Å². The lowest BCUT2D eigenvalue weighted by Crippen LogP contribution is -2.41. The molecule has 4 nitrogen and oxygen atoms in total. The van der Waals surface area contributed by atoms with Crippen LogP contribution in [0, 0.1) is 23.7 Å². The second kappa shape index (κ2) is 10.2. The van der Waals surface area contributed by atoms with E-state index in [4.69, 9.17) is 4.74 Å². The maximum absolute atomic E-state index is 13.7. The third-order valence-electron chi connectivity index (χ3n) is 4.85. The van der Waals surface area contributed by atoms with Crippen LogP contribution in [0.1, 0.15) is 26.2 Å². The minimum absolute atomic E-state index is 0.0154. The molecule has 0 aromatic rings. The zero-order valence-corrected chi connectivity index (χ0v) is 15.6. The van der Waals surface area contributed by atoms with E-state index in [0.717, 1.165) is 6.42 Å². The van der Waals surface area contributed by atoms with Gasteiger partial charge in [0.2, 0.25) is 5.91 Å². The Kier molecular flexibility index (Phi) is 8.93. The standard InChI is InChI=1S/C18H31F3N2O2/c1-13(12-25-4)14-7-5-6-8-15(14)16(18(19,20)21)11-17(24)22-9-10-23(2)3/h6,8,13-16H,5,7,9-12H2,1-4H3,(H,22,24). The molecule has 0 aromatic carbocycles. The fourth-order valence-corrected chi connectivity index (χ4v) is 3.52. The van der Waals surface area contributed by atoms with Crippen LogP contribution in [0.3, 0.4) is 0 Å². The Hall–Kier alpha value is -1.08. The second-order valence-electron chi connectivity index (χ2n) is 7.18. The first kappa shape index (κ1) is 22.0. The first-order chi connectivity index (χ1) is 11.7. The average Bonchev–Trinajstić information content (AvgIpc) is 2.51. The molecular formula is C18H31F3N2O2. The minimum atomic E-state index is -4.41. The van der Waals surface area contributed by atoms with E-state index in [1.54, 1.807) is 13.2 Å². The van der Waals surface area contributed by atoms with Gasteiger partial charge in [-0.1, -0.05) is 19.1 Å². The van der Waals surface area contributed by atoms with Gasteiger partial charge in [-0.25, -0.2) is 0 Å². The number of ether oxygens (including phenoxy) is 1. The summed E-state index contributed by atoms with van der Waals surface area (Å²) < 4.78 is 46.2. The Morgan fingerprint density at radius 3 is 2.64 bits per heavy atom. The molecule has 25 heavy (non-hydrogen) atoms. The van der Waals surface area contributed by atoms with Crippen LogP contribution in [-0.4, -0.2) is 57.9 Å². The number of alkyl halides is 3. The monoisotopic (exact) mass is 364 g/mol. The molecule has 0 aromatic heterocycles. The second-order valence-corrected chi connectivity index (χ2v) is 7.18. The first-order valence-corrected chi connectivity index (χ1v) is 8.80. The van der Waals surface area contributed by atoms with Gasteiger partial charge in [0.15, 0.2) is 0 Å². The number of methoxy groups -OCH3 is 1. The van der Waals surface area contributed by atoms with Crippen molar-refractivity contribution >= 4 is 5.91 Å². The van der Waals surface area contributed by atoms with Gasteiger partial charge in [-0.05, 0) is 44.7 Å². The summed E-state index contributed by atoms with van der Waals surface area (Å²) in [5.41, 5.74) is 0. The largest absolute Gasteiger partial charge is 0.392 e. The Labute approximate surface area is 148 Å². The summed E-state index contributed by atoms with van der Waals surface area (Å²) >= 11 is 0. The lowest BCUT2D eigenvalue weighted by Gasteiger charge is -2.38. The van der Waals surface area contributed by atoms with Crippen molar-refractivity contribution in [2.45, 2.75) is 32.4 Å². The number of likely N-dealkylation sites (N-methyl/N-ethyl adjacent to an activating group) is 1. The van der Waals surface area contributed by atoms with E-state index in [9.17, 15) is 18.0 Å². The van der Waals surface area contributed by atoms with Crippen LogP contribution >= 0.6 is 0 Å². The molecule has 0 fully saturated rings. The highest BCUT2D eigenvalue weighted by atomic mass is 19.4. The summed E-state index contributed by atoms with van der Waals surface area (Å²) in [4.78, 5) is 13.9. The van der Waals surface area contributed by atoms with Crippen molar-refractivity contribution in [2.75, 3.05) is 40.9 Å². The van der Waals surface area contributed by atoms with Crippen molar-refractivity contribution in [1.29, 1.82) is 0 Å². The number of allylic oxidation sites excluding steroid dienone is 2. The maximum atomic E-state index is 13.7. The zero-order valence-electron chi connectivity index (χ0n) is 15.6. The first-order valence-electron chi connectivity index (χ1n) is 8.80. The van der Waals surface area contributed by atoms with E-state index in [2.05, 4.69) is 5.32 Å². The molecule has 4 unspecified atom stereocenters. The van der Waals surface area contributed by atoms with Gasteiger partial charge in [0, 0.05) is 33.2 Å². The molecular weight excluding hydrogens is 333 g/mol. The fourth-order valence-electron chi connectivity index (χ4n) is 3.52. The molecule has 4 atom stereocenters. The molecule has 0 radical (unpaired) electrons. The highest BCUT2D eigenvalue weighted by molar-refractivity contribution is 5.76. The van der Waals surface area contributed by atoms with Crippen LogP contribution in [0.25, 0.3) is 0 Å². The molecule has 0 saturated carbocycles. The highest BCUT2D eigenvalue weighted by Crippen LogP contribution is 2.44. The molecule has 1 aliphatic rings. The van der Waals surface area contributed by atoms with Gasteiger partial charge < -0.3 is 15.0 Å². The molecule has 0 spiro atoms. The minimum Gasteiger partial charge on any atom is -0.384 e. The summed E-state index contributed by atoms with van der Waals surface area (Å²) in [6.07, 6.45) is 0.00270. The van der Waals surface area contributed by atoms with Crippen molar-refractivity contribution in [3.05, 3.63) is 12.2 Å². The Morgan fingerprint density at radius 1 is 1.40 bits per heavy atom. The number of nitrogens with zero attached hydrogens (tertiary/aromatic N) is 1. The van der Waals surface area contributed by atoms with Gasteiger partial charge in [0.25, 0.3) is 0 Å². The topological polar surface area (TPSA) is 41.6 Å². The maximum Gasteiger partial charge on any atom is 0.392 e. The SMILES string of the molecule is COCC(C)C1CCC=CC1C(CC(=O)NCCN(C)C)C(F)(F)F. The molecule has 1 N–H and O–H groups in total. The van der Waals surface area contributed by atoms with Crippen LogP contribution in [0.4, 0.5) is 13.2 Å². The molecule has 146 valence electrons. The lowest BCUT2D eigenvalue weighted by molar-refractivity contribution is -0.195. The Balaban J connectivity index is 2.83. The lowest BCUT2D eigenvalue weighted by atomic mass is 9.69. The van der Waals surface area contributed by atoms with E-state index in [-0.39, 0.29) is 11.8 Å². The third-order valence-corrected chi connectivity index (χ3v) is 4.85. The van der Waals surface area contributed by atoms with Gasteiger partial charge in [0.05, 0.1) is 5.92 Å². The predicted octanol–water partition coefficient (Wildman–Crippen LogP) is 3.10. The van der Waals surface area contributed by atoms with Crippen LogP contribution < -0.4 is 5.32 Å². The van der Waals surface area contributed by atoms with E-state index in [1.165, 1.54) is 0 Å². The Morgan fingerprint density at radius 2 is 2.08 bits per heavy atom.